The topological polar surface area (TPSA) is 94.2 Å². The minimum atomic E-state index is -0.780. The molecule has 0 radical (unpaired) electrons. The van der Waals surface area contributed by atoms with E-state index in [-0.39, 0.29) is 17.7 Å². The minimum absolute atomic E-state index is 0.138. The first-order valence-electron chi connectivity index (χ1n) is 15.1. The van der Waals surface area contributed by atoms with Gasteiger partial charge in [-0.05, 0) is 73.1 Å². The largest absolute Gasteiger partial charge is 0.494 e. The number of hydrogen-bond acceptors (Lipinski definition) is 6. The fourth-order valence-corrected chi connectivity index (χ4v) is 5.26. The van der Waals surface area contributed by atoms with Crippen molar-refractivity contribution in [2.75, 3.05) is 26.8 Å². The Hall–Kier alpha value is -4.33. The third kappa shape index (κ3) is 10.2. The summed E-state index contributed by atoms with van der Waals surface area (Å²) in [5, 5.41) is 2.87. The number of likely N-dealkylation sites (tertiary alicyclic amines) is 1. The van der Waals surface area contributed by atoms with Gasteiger partial charge in [0, 0.05) is 32.4 Å². The highest BCUT2D eigenvalue weighted by Crippen LogP contribution is 2.22. The predicted molar refractivity (Wildman–Crippen MR) is 165 cm³/mol. The zero-order chi connectivity index (χ0) is 30.4. The molecular weight excluding hydrogens is 544 g/mol. The summed E-state index contributed by atoms with van der Waals surface area (Å²) in [5.74, 6) is 1.20. The summed E-state index contributed by atoms with van der Waals surface area (Å²) < 4.78 is 16.3. The van der Waals surface area contributed by atoms with E-state index in [4.69, 9.17) is 14.2 Å². The summed E-state index contributed by atoms with van der Waals surface area (Å²) in [5.41, 5.74) is 3.08. The number of rotatable bonds is 14. The van der Waals surface area contributed by atoms with Crippen LogP contribution in [0.4, 0.5) is 0 Å². The molecule has 8 nitrogen and oxygen atoms in total. The number of methoxy groups -OCH3 is 1. The van der Waals surface area contributed by atoms with E-state index in [1.807, 2.05) is 90.7 Å². The summed E-state index contributed by atoms with van der Waals surface area (Å²) in [6.45, 7) is 4.32. The lowest BCUT2D eigenvalue weighted by Gasteiger charge is -2.32. The first kappa shape index (κ1) is 31.6. The van der Waals surface area contributed by atoms with E-state index in [0.29, 0.717) is 52.0 Å². The van der Waals surface area contributed by atoms with Crippen molar-refractivity contribution in [1.82, 2.24) is 10.2 Å². The highest BCUT2D eigenvalue weighted by Gasteiger charge is 2.27. The van der Waals surface area contributed by atoms with Gasteiger partial charge in [-0.3, -0.25) is 9.59 Å². The molecule has 1 heterocycles. The fourth-order valence-electron chi connectivity index (χ4n) is 5.26. The molecule has 43 heavy (non-hydrogen) atoms. The van der Waals surface area contributed by atoms with Gasteiger partial charge in [-0.2, -0.15) is 0 Å². The lowest BCUT2D eigenvalue weighted by molar-refractivity contribution is -0.145. The van der Waals surface area contributed by atoms with Crippen molar-refractivity contribution in [3.8, 4) is 11.5 Å². The molecular formula is C35H42N2O6. The number of nitrogens with zero attached hydrogens (tertiary/aromatic N) is 1. The highest BCUT2D eigenvalue weighted by molar-refractivity contribution is 5.84. The van der Waals surface area contributed by atoms with Gasteiger partial charge in [-0.15, -0.1) is 0 Å². The molecule has 228 valence electrons. The average molecular weight is 587 g/mol. The molecule has 0 aromatic heterocycles. The van der Waals surface area contributed by atoms with Gasteiger partial charge in [-0.25, -0.2) is 4.79 Å². The first-order valence-corrected chi connectivity index (χ1v) is 15.1. The van der Waals surface area contributed by atoms with Gasteiger partial charge in [0.25, 0.3) is 0 Å². The molecule has 0 saturated carbocycles. The second kappa shape index (κ2) is 16.3. The molecule has 0 aliphatic carbocycles. The number of carbonyl (C=O) groups is 3. The molecule has 1 saturated heterocycles. The van der Waals surface area contributed by atoms with Crippen LogP contribution < -0.4 is 14.8 Å². The van der Waals surface area contributed by atoms with Crippen LogP contribution in [0.1, 0.15) is 49.3 Å². The Morgan fingerprint density at radius 3 is 2.09 bits per heavy atom. The maximum atomic E-state index is 12.9. The van der Waals surface area contributed by atoms with Crippen LogP contribution in [0, 0.1) is 5.92 Å². The molecule has 3 aromatic rings. The Morgan fingerprint density at radius 1 is 0.837 bits per heavy atom. The van der Waals surface area contributed by atoms with Crippen LogP contribution in [-0.2, 0) is 38.6 Å². The second-order valence-corrected chi connectivity index (χ2v) is 10.9. The summed E-state index contributed by atoms with van der Waals surface area (Å²) in [6.07, 6.45) is 3.30. The van der Waals surface area contributed by atoms with Crippen LogP contribution >= 0.6 is 0 Å². The average Bonchev–Trinajstić information content (AvgIpc) is 3.04. The number of ether oxygens (including phenoxy) is 3. The van der Waals surface area contributed by atoms with Gasteiger partial charge in [0.2, 0.25) is 11.8 Å². The molecule has 1 aliphatic heterocycles. The van der Waals surface area contributed by atoms with Gasteiger partial charge in [-0.1, -0.05) is 54.6 Å². The monoisotopic (exact) mass is 586 g/mol. The number of piperidine rings is 1. The number of benzene rings is 3. The Labute approximate surface area is 254 Å². The second-order valence-electron chi connectivity index (χ2n) is 10.9. The maximum absolute atomic E-state index is 12.9. The third-order valence-corrected chi connectivity index (χ3v) is 7.74. The molecule has 0 spiro atoms. The van der Waals surface area contributed by atoms with Crippen LogP contribution in [0.15, 0.2) is 78.9 Å². The van der Waals surface area contributed by atoms with Crippen LogP contribution in [0.25, 0.3) is 0 Å². The maximum Gasteiger partial charge on any atom is 0.328 e. The third-order valence-electron chi connectivity index (χ3n) is 7.74. The molecule has 1 aliphatic rings. The van der Waals surface area contributed by atoms with Gasteiger partial charge in [0.05, 0.1) is 13.7 Å². The van der Waals surface area contributed by atoms with Crippen LogP contribution in [-0.4, -0.2) is 55.5 Å². The molecule has 1 atom stereocenters. The van der Waals surface area contributed by atoms with Crippen LogP contribution in [0.3, 0.4) is 0 Å². The standard InChI is InChI=1S/C35H42N2O6/c1-3-42-30-14-9-26(10-15-30)13-18-34(39)37-21-19-28(20-22-37)24-33(38)36-32(35(40)41-2)23-27-11-16-31(17-12-27)43-25-29-7-5-4-6-8-29/h4-12,14-17,28,32H,3,13,18-25H2,1-2H3,(H,36,38)/t32-/m0/s1. The van der Waals surface area contributed by atoms with Crippen LogP contribution in [0.2, 0.25) is 0 Å². The number of hydrogen-bond donors (Lipinski definition) is 1. The van der Waals surface area contributed by atoms with Gasteiger partial charge < -0.3 is 24.4 Å². The van der Waals surface area contributed by atoms with E-state index in [9.17, 15) is 14.4 Å². The van der Waals surface area contributed by atoms with Crippen molar-refractivity contribution < 1.29 is 28.6 Å². The molecule has 2 amide bonds. The number of amides is 2. The lowest BCUT2D eigenvalue weighted by Crippen LogP contribution is -2.44. The van der Waals surface area contributed by atoms with E-state index < -0.39 is 12.0 Å². The first-order chi connectivity index (χ1) is 20.9. The van der Waals surface area contributed by atoms with Gasteiger partial charge in [0.1, 0.15) is 24.1 Å². The minimum Gasteiger partial charge on any atom is -0.494 e. The summed E-state index contributed by atoms with van der Waals surface area (Å²) >= 11 is 0. The zero-order valence-corrected chi connectivity index (χ0v) is 25.1. The van der Waals surface area contributed by atoms with Crippen molar-refractivity contribution in [2.45, 2.75) is 58.1 Å². The van der Waals surface area contributed by atoms with Crippen molar-refractivity contribution in [3.63, 3.8) is 0 Å². The number of nitrogens with one attached hydrogen (secondary N) is 1. The molecule has 4 rings (SSSR count). The normalized spacial score (nSPS) is 14.0. The molecule has 3 aromatic carbocycles. The number of aryl methyl sites for hydroxylation is 1. The van der Waals surface area contributed by atoms with E-state index in [1.54, 1.807) is 0 Å². The van der Waals surface area contributed by atoms with Crippen molar-refractivity contribution in [3.05, 3.63) is 95.6 Å². The Morgan fingerprint density at radius 2 is 1.47 bits per heavy atom. The molecule has 1 N–H and O–H groups in total. The fraction of sp³-hybridized carbons (Fsp3) is 0.400. The van der Waals surface area contributed by atoms with Gasteiger partial charge >= 0.3 is 5.97 Å². The molecule has 0 bridgehead atoms. The Bertz CT molecular complexity index is 1300. The zero-order valence-electron chi connectivity index (χ0n) is 25.1. The summed E-state index contributed by atoms with van der Waals surface area (Å²) in [7, 11) is 1.32. The molecule has 0 unspecified atom stereocenters. The quantitative estimate of drug-likeness (QED) is 0.264. The summed E-state index contributed by atoms with van der Waals surface area (Å²) in [6, 6.07) is 24.5. The lowest BCUT2D eigenvalue weighted by atomic mass is 9.92. The Kier molecular flexibility index (Phi) is 12.0. The number of carbonyl (C=O) groups excluding carboxylic acids is 3. The Balaban J connectivity index is 1.19. The van der Waals surface area contributed by atoms with E-state index in [2.05, 4.69) is 5.32 Å². The number of esters is 1. The van der Waals surface area contributed by atoms with Crippen molar-refractivity contribution in [2.24, 2.45) is 5.92 Å². The SMILES string of the molecule is CCOc1ccc(CCC(=O)N2CCC(CC(=O)N[C@@H](Cc3ccc(OCc4ccccc4)cc3)C(=O)OC)CC2)cc1. The molecule has 1 fully saturated rings. The highest BCUT2D eigenvalue weighted by atomic mass is 16.5. The van der Waals surface area contributed by atoms with E-state index in [0.717, 1.165) is 41.0 Å². The van der Waals surface area contributed by atoms with Crippen molar-refractivity contribution in [1.29, 1.82) is 0 Å². The van der Waals surface area contributed by atoms with Gasteiger partial charge in [0.15, 0.2) is 0 Å². The predicted octanol–water partition coefficient (Wildman–Crippen LogP) is 5.13. The smallest absolute Gasteiger partial charge is 0.328 e. The summed E-state index contributed by atoms with van der Waals surface area (Å²) in [4.78, 5) is 40.1. The van der Waals surface area contributed by atoms with Crippen LogP contribution in [0.5, 0.6) is 11.5 Å². The van der Waals surface area contributed by atoms with E-state index >= 15 is 0 Å². The molecule has 8 heteroatoms. The van der Waals surface area contributed by atoms with Crippen molar-refractivity contribution >= 4 is 17.8 Å². The van der Waals surface area contributed by atoms with E-state index in [1.165, 1.54) is 7.11 Å².